The molecule has 18 heavy (non-hydrogen) atoms. The maximum atomic E-state index is 10.2. The molecular weight excluding hydrogens is 224 g/mol. The summed E-state index contributed by atoms with van der Waals surface area (Å²) in [6.45, 7) is 4.27. The number of aryl methyl sites for hydroxylation is 1. The Morgan fingerprint density at radius 2 is 2.11 bits per heavy atom. The lowest BCUT2D eigenvalue weighted by Gasteiger charge is -2.30. The first-order valence-corrected chi connectivity index (χ1v) is 7.16. The predicted octanol–water partition coefficient (Wildman–Crippen LogP) is 4.15. The average molecular weight is 248 g/mol. The molecule has 1 aliphatic heterocycles. The van der Waals surface area contributed by atoms with Crippen molar-refractivity contribution in [2.75, 3.05) is 0 Å². The van der Waals surface area contributed by atoms with E-state index in [1.165, 1.54) is 31.2 Å². The predicted molar refractivity (Wildman–Crippen MR) is 73.9 cm³/mol. The van der Waals surface area contributed by atoms with Crippen LogP contribution in [0.25, 0.3) is 0 Å². The fourth-order valence-corrected chi connectivity index (χ4v) is 2.61. The largest absolute Gasteiger partial charge is 0.490 e. The summed E-state index contributed by atoms with van der Waals surface area (Å²) < 4.78 is 5.98. The minimum Gasteiger partial charge on any atom is -0.490 e. The van der Waals surface area contributed by atoms with Crippen LogP contribution in [-0.2, 0) is 0 Å². The minimum atomic E-state index is -0.357. The number of benzene rings is 1. The van der Waals surface area contributed by atoms with Crippen molar-refractivity contribution in [1.29, 1.82) is 0 Å². The Hall–Kier alpha value is -1.02. The Bertz CT molecular complexity index is 387. The molecule has 2 atom stereocenters. The van der Waals surface area contributed by atoms with Gasteiger partial charge in [-0.3, -0.25) is 0 Å². The summed E-state index contributed by atoms with van der Waals surface area (Å²) in [7, 11) is 0. The first-order chi connectivity index (χ1) is 8.70. The lowest BCUT2D eigenvalue weighted by molar-refractivity contribution is 0.0604. The van der Waals surface area contributed by atoms with Gasteiger partial charge in [-0.15, -0.1) is 0 Å². The number of hydrogen-bond donors (Lipinski definition) is 1. The molecule has 2 rings (SSSR count). The van der Waals surface area contributed by atoms with E-state index < -0.39 is 0 Å². The van der Waals surface area contributed by atoms with E-state index in [1.54, 1.807) is 0 Å². The number of fused-ring (bicyclic) bond motifs is 1. The SMILES string of the molecule is CCCCCCC1C[C@H](O)c2cc(C)ccc2O1. The molecule has 0 aliphatic carbocycles. The van der Waals surface area contributed by atoms with E-state index in [4.69, 9.17) is 4.74 Å². The zero-order valence-electron chi connectivity index (χ0n) is 11.5. The molecule has 1 unspecified atom stereocenters. The van der Waals surface area contributed by atoms with Gasteiger partial charge in [-0.2, -0.15) is 0 Å². The van der Waals surface area contributed by atoms with E-state index in [2.05, 4.69) is 6.92 Å². The molecule has 0 spiro atoms. The van der Waals surface area contributed by atoms with E-state index in [0.29, 0.717) is 0 Å². The lowest BCUT2D eigenvalue weighted by Crippen LogP contribution is -2.25. The van der Waals surface area contributed by atoms with Gasteiger partial charge in [-0.05, 0) is 31.9 Å². The molecule has 1 N–H and O–H groups in total. The second-order valence-corrected chi connectivity index (χ2v) is 5.38. The van der Waals surface area contributed by atoms with Crippen LogP contribution in [0.1, 0.15) is 62.7 Å². The highest BCUT2D eigenvalue weighted by Crippen LogP contribution is 2.36. The Labute approximate surface area is 110 Å². The summed E-state index contributed by atoms with van der Waals surface area (Å²) in [4.78, 5) is 0. The van der Waals surface area contributed by atoms with Gasteiger partial charge < -0.3 is 9.84 Å². The normalized spacial score (nSPS) is 22.4. The van der Waals surface area contributed by atoms with Crippen molar-refractivity contribution in [3.05, 3.63) is 29.3 Å². The van der Waals surface area contributed by atoms with Crippen molar-refractivity contribution in [2.45, 2.75) is 64.6 Å². The number of rotatable bonds is 5. The zero-order chi connectivity index (χ0) is 13.0. The highest BCUT2D eigenvalue weighted by molar-refractivity contribution is 5.40. The van der Waals surface area contributed by atoms with E-state index >= 15 is 0 Å². The van der Waals surface area contributed by atoms with Crippen LogP contribution in [0.4, 0.5) is 0 Å². The summed E-state index contributed by atoms with van der Waals surface area (Å²) in [5, 5.41) is 10.2. The van der Waals surface area contributed by atoms with Gasteiger partial charge in [0.05, 0.1) is 6.10 Å². The maximum Gasteiger partial charge on any atom is 0.125 e. The fourth-order valence-electron chi connectivity index (χ4n) is 2.61. The van der Waals surface area contributed by atoms with Crippen LogP contribution >= 0.6 is 0 Å². The van der Waals surface area contributed by atoms with Crippen LogP contribution in [0.15, 0.2) is 18.2 Å². The highest BCUT2D eigenvalue weighted by atomic mass is 16.5. The van der Waals surface area contributed by atoms with E-state index in [0.717, 1.165) is 24.2 Å². The molecule has 0 radical (unpaired) electrons. The van der Waals surface area contributed by atoms with Crippen LogP contribution in [0.3, 0.4) is 0 Å². The van der Waals surface area contributed by atoms with E-state index in [9.17, 15) is 5.11 Å². The van der Waals surface area contributed by atoms with Crippen molar-refractivity contribution in [3.8, 4) is 5.75 Å². The van der Waals surface area contributed by atoms with Crippen LogP contribution in [0, 0.1) is 6.92 Å². The Balaban J connectivity index is 1.93. The van der Waals surface area contributed by atoms with Crippen molar-refractivity contribution < 1.29 is 9.84 Å². The maximum absolute atomic E-state index is 10.2. The molecule has 1 heterocycles. The van der Waals surface area contributed by atoms with Crippen molar-refractivity contribution in [3.63, 3.8) is 0 Å². The number of ether oxygens (including phenoxy) is 1. The monoisotopic (exact) mass is 248 g/mol. The van der Waals surface area contributed by atoms with Crippen molar-refractivity contribution in [1.82, 2.24) is 0 Å². The van der Waals surface area contributed by atoms with Crippen LogP contribution in [-0.4, -0.2) is 11.2 Å². The molecule has 0 bridgehead atoms. The molecule has 1 aliphatic rings. The standard InChI is InChI=1S/C16H24O2/c1-3-4-5-6-7-13-11-15(17)14-10-12(2)8-9-16(14)18-13/h8-10,13,15,17H,3-7,11H2,1-2H3/t13?,15-/m0/s1. The van der Waals surface area contributed by atoms with Gasteiger partial charge in [0.15, 0.2) is 0 Å². The lowest BCUT2D eigenvalue weighted by atomic mass is 9.95. The first kappa shape index (κ1) is 13.4. The van der Waals surface area contributed by atoms with Gasteiger partial charge in [-0.25, -0.2) is 0 Å². The second-order valence-electron chi connectivity index (χ2n) is 5.38. The van der Waals surface area contributed by atoms with Crippen LogP contribution in [0.5, 0.6) is 5.75 Å². The van der Waals surface area contributed by atoms with Gasteiger partial charge in [-0.1, -0.05) is 37.8 Å². The summed E-state index contributed by atoms with van der Waals surface area (Å²) in [5.41, 5.74) is 2.14. The molecule has 0 saturated carbocycles. The summed E-state index contributed by atoms with van der Waals surface area (Å²) >= 11 is 0. The number of aliphatic hydroxyl groups is 1. The smallest absolute Gasteiger partial charge is 0.125 e. The zero-order valence-corrected chi connectivity index (χ0v) is 11.5. The summed E-state index contributed by atoms with van der Waals surface area (Å²) in [5.74, 6) is 0.875. The topological polar surface area (TPSA) is 29.5 Å². The fraction of sp³-hybridized carbons (Fsp3) is 0.625. The van der Waals surface area contributed by atoms with Gasteiger partial charge >= 0.3 is 0 Å². The third-order valence-electron chi connectivity index (χ3n) is 3.68. The molecule has 2 heteroatoms. The Kier molecular flexibility index (Phi) is 4.65. The quantitative estimate of drug-likeness (QED) is 0.793. The highest BCUT2D eigenvalue weighted by Gasteiger charge is 2.26. The summed E-state index contributed by atoms with van der Waals surface area (Å²) in [6, 6.07) is 6.07. The number of unbranched alkanes of at least 4 members (excludes halogenated alkanes) is 3. The van der Waals surface area contributed by atoms with Gasteiger partial charge in [0, 0.05) is 12.0 Å². The number of hydrogen-bond acceptors (Lipinski definition) is 2. The van der Waals surface area contributed by atoms with Crippen LogP contribution < -0.4 is 4.74 Å². The second kappa shape index (κ2) is 6.24. The average Bonchev–Trinajstić information content (AvgIpc) is 2.36. The van der Waals surface area contributed by atoms with Gasteiger partial charge in [0.2, 0.25) is 0 Å². The van der Waals surface area contributed by atoms with Crippen LogP contribution in [0.2, 0.25) is 0 Å². The molecule has 0 amide bonds. The molecule has 1 aromatic rings. The minimum absolute atomic E-state index is 0.187. The molecule has 0 aromatic heterocycles. The summed E-state index contributed by atoms with van der Waals surface area (Å²) in [6.07, 6.45) is 6.66. The Morgan fingerprint density at radius 3 is 2.89 bits per heavy atom. The molecule has 100 valence electrons. The molecule has 2 nitrogen and oxygen atoms in total. The van der Waals surface area contributed by atoms with E-state index in [-0.39, 0.29) is 12.2 Å². The third-order valence-corrected chi connectivity index (χ3v) is 3.68. The molecule has 0 saturated heterocycles. The Morgan fingerprint density at radius 1 is 1.28 bits per heavy atom. The molecular formula is C16H24O2. The molecule has 1 aromatic carbocycles. The van der Waals surface area contributed by atoms with Crippen molar-refractivity contribution >= 4 is 0 Å². The van der Waals surface area contributed by atoms with Crippen molar-refractivity contribution in [2.24, 2.45) is 0 Å². The molecule has 0 fully saturated rings. The first-order valence-electron chi connectivity index (χ1n) is 7.16. The third kappa shape index (κ3) is 3.26. The van der Waals surface area contributed by atoms with Gasteiger partial charge in [0.25, 0.3) is 0 Å². The van der Waals surface area contributed by atoms with Gasteiger partial charge in [0.1, 0.15) is 11.9 Å². The number of aliphatic hydroxyl groups excluding tert-OH is 1. The van der Waals surface area contributed by atoms with E-state index in [1.807, 2.05) is 25.1 Å².